The lowest BCUT2D eigenvalue weighted by atomic mass is 10.1. The Balaban J connectivity index is 1.95. The molecule has 1 aliphatic rings. The first-order valence-electron chi connectivity index (χ1n) is 7.51. The molecule has 122 valence electrons. The van der Waals surface area contributed by atoms with Crippen molar-refractivity contribution in [1.29, 1.82) is 0 Å². The highest BCUT2D eigenvalue weighted by molar-refractivity contribution is 5.67. The van der Waals surface area contributed by atoms with Crippen molar-refractivity contribution in [1.82, 2.24) is 4.90 Å². The Morgan fingerprint density at radius 1 is 1.36 bits per heavy atom. The van der Waals surface area contributed by atoms with E-state index in [9.17, 15) is 4.79 Å². The molecule has 0 radical (unpaired) electrons. The predicted molar refractivity (Wildman–Crippen MR) is 81.7 cm³/mol. The summed E-state index contributed by atoms with van der Waals surface area (Å²) in [6.07, 6.45) is 0.506. The summed E-state index contributed by atoms with van der Waals surface area (Å²) in [5.74, 6) is 0.478. The number of benzene rings is 1. The van der Waals surface area contributed by atoms with Crippen LogP contribution in [0.4, 0.5) is 0 Å². The van der Waals surface area contributed by atoms with E-state index in [1.54, 1.807) is 7.11 Å². The first kappa shape index (κ1) is 16.6. The highest BCUT2D eigenvalue weighted by atomic mass is 16.5. The van der Waals surface area contributed by atoms with Gasteiger partial charge in [0.1, 0.15) is 6.61 Å². The maximum atomic E-state index is 10.8. The van der Waals surface area contributed by atoms with E-state index in [0.717, 1.165) is 38.4 Å². The van der Waals surface area contributed by atoms with Gasteiger partial charge in [0.05, 0.1) is 20.3 Å². The summed E-state index contributed by atoms with van der Waals surface area (Å²) in [6, 6.07) is 5.56. The molecule has 6 heteroatoms. The summed E-state index contributed by atoms with van der Waals surface area (Å²) in [4.78, 5) is 13.1. The van der Waals surface area contributed by atoms with Crippen LogP contribution in [0.2, 0.25) is 0 Å². The van der Waals surface area contributed by atoms with E-state index in [-0.39, 0.29) is 6.42 Å². The monoisotopic (exact) mass is 309 g/mol. The molecule has 2 rings (SSSR count). The summed E-state index contributed by atoms with van der Waals surface area (Å²) >= 11 is 0. The number of ether oxygens (including phenoxy) is 3. The second kappa shape index (κ2) is 8.60. The maximum Gasteiger partial charge on any atom is 0.303 e. The largest absolute Gasteiger partial charge is 0.493 e. The predicted octanol–water partition coefficient (Wildman–Crippen LogP) is 1.42. The zero-order chi connectivity index (χ0) is 15.8. The molecule has 22 heavy (non-hydrogen) atoms. The van der Waals surface area contributed by atoms with Crippen LogP contribution in [0.15, 0.2) is 18.2 Å². The third-order valence-electron chi connectivity index (χ3n) is 3.65. The van der Waals surface area contributed by atoms with Gasteiger partial charge < -0.3 is 19.3 Å². The van der Waals surface area contributed by atoms with Crippen LogP contribution in [-0.4, -0.2) is 62.5 Å². The molecule has 0 atom stereocenters. The number of nitrogens with zero attached hydrogens (tertiary/aromatic N) is 1. The lowest BCUT2D eigenvalue weighted by molar-refractivity contribution is -0.136. The van der Waals surface area contributed by atoms with Crippen LogP contribution in [0, 0.1) is 0 Å². The standard InChI is InChI=1S/C16H23NO5/c1-20-14-4-2-3-13(5-6-15(18)19)16(14)22-12-9-17-7-10-21-11-8-17/h2-4H,5-12H2,1H3,(H,18,19). The summed E-state index contributed by atoms with van der Waals surface area (Å²) in [5, 5.41) is 8.85. The molecule has 0 saturated carbocycles. The average molecular weight is 309 g/mol. The highest BCUT2D eigenvalue weighted by Gasteiger charge is 2.14. The third-order valence-corrected chi connectivity index (χ3v) is 3.65. The van der Waals surface area contributed by atoms with Gasteiger partial charge in [-0.2, -0.15) is 0 Å². The van der Waals surface area contributed by atoms with E-state index in [1.165, 1.54) is 0 Å². The van der Waals surface area contributed by atoms with Crippen LogP contribution in [0.1, 0.15) is 12.0 Å². The first-order chi connectivity index (χ1) is 10.7. The number of morpholine rings is 1. The molecule has 0 bridgehead atoms. The Bertz CT molecular complexity index is 485. The fourth-order valence-corrected chi connectivity index (χ4v) is 2.43. The quantitative estimate of drug-likeness (QED) is 0.783. The summed E-state index contributed by atoms with van der Waals surface area (Å²) in [5.41, 5.74) is 0.865. The van der Waals surface area contributed by atoms with Crippen molar-refractivity contribution in [2.45, 2.75) is 12.8 Å². The van der Waals surface area contributed by atoms with Crippen LogP contribution in [0.5, 0.6) is 11.5 Å². The van der Waals surface area contributed by atoms with Crippen molar-refractivity contribution in [2.24, 2.45) is 0 Å². The lowest BCUT2D eigenvalue weighted by Crippen LogP contribution is -2.38. The summed E-state index contributed by atoms with van der Waals surface area (Å²) in [7, 11) is 1.59. The molecule has 0 unspecified atom stereocenters. The smallest absolute Gasteiger partial charge is 0.303 e. The number of methoxy groups -OCH3 is 1. The number of rotatable bonds is 8. The lowest BCUT2D eigenvalue weighted by Gasteiger charge is -2.26. The number of carboxylic acid groups (broad SMARTS) is 1. The van der Waals surface area contributed by atoms with E-state index in [0.29, 0.717) is 24.5 Å². The van der Waals surface area contributed by atoms with Gasteiger partial charge in [0.25, 0.3) is 0 Å². The fraction of sp³-hybridized carbons (Fsp3) is 0.562. The van der Waals surface area contributed by atoms with E-state index in [4.69, 9.17) is 19.3 Å². The Hall–Kier alpha value is -1.79. The highest BCUT2D eigenvalue weighted by Crippen LogP contribution is 2.31. The molecule has 1 saturated heterocycles. The molecule has 0 aromatic heterocycles. The zero-order valence-electron chi connectivity index (χ0n) is 12.9. The number of aliphatic carboxylic acids is 1. The van der Waals surface area contributed by atoms with Gasteiger partial charge in [0.15, 0.2) is 11.5 Å². The Morgan fingerprint density at radius 3 is 2.82 bits per heavy atom. The van der Waals surface area contributed by atoms with Gasteiger partial charge in [-0.15, -0.1) is 0 Å². The third kappa shape index (κ3) is 4.89. The molecule has 0 amide bonds. The number of carbonyl (C=O) groups is 1. The molecular formula is C16H23NO5. The van der Waals surface area contributed by atoms with E-state index in [2.05, 4.69) is 4.90 Å². The Morgan fingerprint density at radius 2 is 2.14 bits per heavy atom. The normalized spacial score (nSPS) is 15.5. The van der Waals surface area contributed by atoms with Gasteiger partial charge in [0.2, 0.25) is 0 Å². The summed E-state index contributed by atoms with van der Waals surface area (Å²) in [6.45, 7) is 4.72. The van der Waals surface area contributed by atoms with Gasteiger partial charge in [-0.05, 0) is 18.1 Å². The molecule has 1 aromatic carbocycles. The van der Waals surface area contributed by atoms with Crippen molar-refractivity contribution in [3.8, 4) is 11.5 Å². The molecule has 1 aliphatic heterocycles. The fourth-order valence-electron chi connectivity index (χ4n) is 2.43. The van der Waals surface area contributed by atoms with E-state index in [1.807, 2.05) is 18.2 Å². The van der Waals surface area contributed by atoms with Crippen molar-refractivity contribution >= 4 is 5.97 Å². The minimum Gasteiger partial charge on any atom is -0.493 e. The number of carboxylic acids is 1. The van der Waals surface area contributed by atoms with E-state index >= 15 is 0 Å². The van der Waals surface area contributed by atoms with Gasteiger partial charge in [0, 0.05) is 26.1 Å². The topological polar surface area (TPSA) is 68.2 Å². The number of hydrogen-bond donors (Lipinski definition) is 1. The van der Waals surface area contributed by atoms with Crippen molar-refractivity contribution in [3.05, 3.63) is 23.8 Å². The summed E-state index contributed by atoms with van der Waals surface area (Å²) < 4.78 is 16.5. The minimum atomic E-state index is -0.818. The maximum absolute atomic E-state index is 10.8. The van der Waals surface area contributed by atoms with Gasteiger partial charge in [-0.3, -0.25) is 9.69 Å². The number of hydrogen-bond acceptors (Lipinski definition) is 5. The molecule has 1 aromatic rings. The Kier molecular flexibility index (Phi) is 6.48. The molecule has 0 aliphatic carbocycles. The second-order valence-corrected chi connectivity index (χ2v) is 5.14. The zero-order valence-corrected chi connectivity index (χ0v) is 12.9. The first-order valence-corrected chi connectivity index (χ1v) is 7.51. The van der Waals surface area contributed by atoms with Gasteiger partial charge in [-0.25, -0.2) is 0 Å². The van der Waals surface area contributed by atoms with Crippen LogP contribution >= 0.6 is 0 Å². The van der Waals surface area contributed by atoms with Crippen molar-refractivity contribution < 1.29 is 24.1 Å². The SMILES string of the molecule is COc1cccc(CCC(=O)O)c1OCCN1CCOCC1. The van der Waals surface area contributed by atoms with Gasteiger partial charge in [-0.1, -0.05) is 12.1 Å². The minimum absolute atomic E-state index is 0.0764. The Labute approximate surface area is 130 Å². The van der Waals surface area contributed by atoms with Gasteiger partial charge >= 0.3 is 5.97 Å². The number of aryl methyl sites for hydroxylation is 1. The van der Waals surface area contributed by atoms with Crippen LogP contribution in [0.3, 0.4) is 0 Å². The van der Waals surface area contributed by atoms with Crippen molar-refractivity contribution in [3.63, 3.8) is 0 Å². The molecule has 1 heterocycles. The second-order valence-electron chi connectivity index (χ2n) is 5.14. The average Bonchev–Trinajstić information content (AvgIpc) is 2.54. The van der Waals surface area contributed by atoms with Crippen LogP contribution < -0.4 is 9.47 Å². The molecule has 1 fully saturated rings. The van der Waals surface area contributed by atoms with Crippen molar-refractivity contribution in [2.75, 3.05) is 46.6 Å². The van der Waals surface area contributed by atoms with E-state index < -0.39 is 5.97 Å². The van der Waals surface area contributed by atoms with Crippen LogP contribution in [-0.2, 0) is 16.0 Å². The van der Waals surface area contributed by atoms with Crippen LogP contribution in [0.25, 0.3) is 0 Å². The molecular weight excluding hydrogens is 286 g/mol. The number of para-hydroxylation sites is 1. The molecule has 0 spiro atoms. The molecule has 6 nitrogen and oxygen atoms in total. The molecule has 1 N–H and O–H groups in total.